The minimum atomic E-state index is -0.967. The van der Waals surface area contributed by atoms with Gasteiger partial charge in [0.05, 0.1) is 6.61 Å². The van der Waals surface area contributed by atoms with Crippen LogP contribution in [-0.4, -0.2) is 29.7 Å². The largest absolute Gasteiger partial charge is 1.00 e. The second kappa shape index (κ2) is 11.0. The van der Waals surface area contributed by atoms with Gasteiger partial charge < -0.3 is 16.6 Å². The number of carboxylic acids is 1. The molecule has 0 aliphatic heterocycles. The summed E-state index contributed by atoms with van der Waals surface area (Å²) in [6.45, 7) is 3.64. The van der Waals surface area contributed by atoms with Gasteiger partial charge in [-0.1, -0.05) is 30.3 Å². The summed E-state index contributed by atoms with van der Waals surface area (Å²) in [4.78, 5) is 22.5. The summed E-state index contributed by atoms with van der Waals surface area (Å²) in [5, 5.41) is 12.0. The average molecular weight is 317 g/mol. The quantitative estimate of drug-likeness (QED) is 0.378. The molecular formula is C15H20KNO4. The summed E-state index contributed by atoms with van der Waals surface area (Å²) in [7, 11) is 0. The van der Waals surface area contributed by atoms with E-state index in [4.69, 9.17) is 4.74 Å². The van der Waals surface area contributed by atoms with Crippen molar-refractivity contribution >= 4 is 11.9 Å². The Morgan fingerprint density at radius 2 is 2.00 bits per heavy atom. The van der Waals surface area contributed by atoms with Gasteiger partial charge >= 0.3 is 63.3 Å². The third-order valence-electron chi connectivity index (χ3n) is 2.60. The van der Waals surface area contributed by atoms with Crippen molar-refractivity contribution < 1.29 is 72.2 Å². The van der Waals surface area contributed by atoms with Gasteiger partial charge in [0.2, 0.25) is 0 Å². The SMILES string of the molecule is CCOC(=O)/C=C(/C)N[C@@H](Cc1ccccc1)C(=O)O.[H-].[K+]. The smallest absolute Gasteiger partial charge is 1.00 e. The molecule has 21 heavy (non-hydrogen) atoms. The van der Waals surface area contributed by atoms with Crippen LogP contribution in [0.1, 0.15) is 20.8 Å². The molecule has 1 atom stereocenters. The van der Waals surface area contributed by atoms with Gasteiger partial charge in [0.15, 0.2) is 0 Å². The van der Waals surface area contributed by atoms with Crippen LogP contribution in [0.25, 0.3) is 0 Å². The second-order valence-corrected chi connectivity index (χ2v) is 4.30. The van der Waals surface area contributed by atoms with Crippen molar-refractivity contribution in [2.75, 3.05) is 6.61 Å². The Morgan fingerprint density at radius 1 is 1.38 bits per heavy atom. The van der Waals surface area contributed by atoms with Gasteiger partial charge in [-0.05, 0) is 19.4 Å². The molecule has 0 unspecified atom stereocenters. The van der Waals surface area contributed by atoms with E-state index in [0.717, 1.165) is 5.56 Å². The predicted molar refractivity (Wildman–Crippen MR) is 76.2 cm³/mol. The molecule has 0 saturated heterocycles. The Kier molecular flexibility index (Phi) is 10.6. The number of aliphatic carboxylic acids is 1. The first kappa shape index (κ1) is 20.3. The van der Waals surface area contributed by atoms with Gasteiger partial charge in [0.1, 0.15) is 6.04 Å². The van der Waals surface area contributed by atoms with Crippen LogP contribution < -0.4 is 56.7 Å². The van der Waals surface area contributed by atoms with Gasteiger partial charge in [0, 0.05) is 18.2 Å². The van der Waals surface area contributed by atoms with Crippen LogP contribution in [0.3, 0.4) is 0 Å². The number of rotatable bonds is 7. The van der Waals surface area contributed by atoms with Crippen molar-refractivity contribution in [3.63, 3.8) is 0 Å². The zero-order valence-corrected chi connectivity index (χ0v) is 15.8. The van der Waals surface area contributed by atoms with E-state index in [1.54, 1.807) is 13.8 Å². The van der Waals surface area contributed by atoms with E-state index < -0.39 is 18.0 Å². The van der Waals surface area contributed by atoms with E-state index in [1.807, 2.05) is 30.3 Å². The molecule has 0 amide bonds. The fraction of sp³-hybridized carbons (Fsp3) is 0.333. The van der Waals surface area contributed by atoms with E-state index in [1.165, 1.54) is 6.08 Å². The molecule has 0 bridgehead atoms. The Balaban J connectivity index is 0. The molecule has 2 N–H and O–H groups in total. The zero-order chi connectivity index (χ0) is 15.0. The predicted octanol–water partition coefficient (Wildman–Crippen LogP) is -1.14. The minimum absolute atomic E-state index is 0. The first-order chi connectivity index (χ1) is 9.52. The molecule has 0 radical (unpaired) electrons. The number of carbonyl (C=O) groups is 2. The third-order valence-corrected chi connectivity index (χ3v) is 2.60. The van der Waals surface area contributed by atoms with Crippen molar-refractivity contribution in [2.24, 2.45) is 0 Å². The summed E-state index contributed by atoms with van der Waals surface area (Å²) in [6.07, 6.45) is 1.59. The van der Waals surface area contributed by atoms with E-state index in [9.17, 15) is 14.7 Å². The monoisotopic (exact) mass is 317 g/mol. The molecule has 0 aromatic heterocycles. The summed E-state index contributed by atoms with van der Waals surface area (Å²) in [5.41, 5.74) is 1.38. The number of hydrogen-bond donors (Lipinski definition) is 2. The number of carbonyl (C=O) groups excluding carboxylic acids is 1. The van der Waals surface area contributed by atoms with Crippen LogP contribution >= 0.6 is 0 Å². The van der Waals surface area contributed by atoms with Crippen LogP contribution in [0.5, 0.6) is 0 Å². The van der Waals surface area contributed by atoms with Crippen LogP contribution in [0.15, 0.2) is 42.1 Å². The summed E-state index contributed by atoms with van der Waals surface area (Å²) in [6, 6.07) is 8.52. The van der Waals surface area contributed by atoms with Crippen molar-refractivity contribution in [1.82, 2.24) is 5.32 Å². The normalized spacial score (nSPS) is 12.0. The fourth-order valence-corrected chi connectivity index (χ4v) is 1.73. The van der Waals surface area contributed by atoms with Crippen LogP contribution in [0.2, 0.25) is 0 Å². The maximum absolute atomic E-state index is 11.3. The molecule has 0 saturated carbocycles. The molecule has 0 aliphatic carbocycles. The summed E-state index contributed by atoms with van der Waals surface area (Å²) in [5.74, 6) is -1.45. The number of nitrogens with one attached hydrogen (secondary N) is 1. The van der Waals surface area contributed by atoms with Gasteiger partial charge in [-0.25, -0.2) is 9.59 Å². The maximum atomic E-state index is 11.3. The Labute approximate surface area is 168 Å². The van der Waals surface area contributed by atoms with Crippen molar-refractivity contribution in [3.8, 4) is 0 Å². The van der Waals surface area contributed by atoms with Crippen LogP contribution in [0.4, 0.5) is 0 Å². The van der Waals surface area contributed by atoms with Gasteiger partial charge in [-0.2, -0.15) is 0 Å². The molecule has 1 aromatic carbocycles. The fourth-order valence-electron chi connectivity index (χ4n) is 1.73. The van der Waals surface area contributed by atoms with E-state index >= 15 is 0 Å². The van der Waals surface area contributed by atoms with E-state index in [2.05, 4.69) is 5.32 Å². The van der Waals surface area contributed by atoms with Crippen molar-refractivity contribution in [1.29, 1.82) is 0 Å². The third kappa shape index (κ3) is 8.38. The van der Waals surface area contributed by atoms with Gasteiger partial charge in [-0.15, -0.1) is 0 Å². The van der Waals surface area contributed by atoms with Crippen LogP contribution in [0, 0.1) is 0 Å². The number of benzene rings is 1. The number of esters is 1. The molecule has 1 rings (SSSR count). The number of hydrogen-bond acceptors (Lipinski definition) is 4. The minimum Gasteiger partial charge on any atom is -1.00 e. The molecule has 0 aliphatic rings. The first-order valence-electron chi connectivity index (χ1n) is 6.41. The Hall–Kier alpha value is -0.664. The zero-order valence-electron chi connectivity index (χ0n) is 13.6. The molecule has 0 heterocycles. The molecule has 0 fully saturated rings. The molecule has 0 spiro atoms. The number of carboxylic acid groups (broad SMARTS) is 1. The first-order valence-corrected chi connectivity index (χ1v) is 6.41. The summed E-state index contributed by atoms with van der Waals surface area (Å²) >= 11 is 0. The Bertz CT molecular complexity index is 494. The standard InChI is InChI=1S/C15H19NO4.K.H/c1-3-20-14(17)9-11(2)16-13(15(18)19)10-12-7-5-4-6-8-12;;/h4-9,13,16H,3,10H2,1-2H3,(H,18,19);;/q;+1;-1/b11-9-;;/t13-;;/m0../s1. The van der Waals surface area contributed by atoms with Crippen LogP contribution in [-0.2, 0) is 20.7 Å². The molecule has 5 nitrogen and oxygen atoms in total. The topological polar surface area (TPSA) is 75.6 Å². The van der Waals surface area contributed by atoms with Crippen molar-refractivity contribution in [3.05, 3.63) is 47.7 Å². The number of allylic oxidation sites excluding steroid dienone is 1. The maximum Gasteiger partial charge on any atom is 1.00 e. The van der Waals surface area contributed by atoms with Crippen molar-refractivity contribution in [2.45, 2.75) is 26.3 Å². The average Bonchev–Trinajstić information content (AvgIpc) is 2.39. The molecule has 1 aromatic rings. The van der Waals surface area contributed by atoms with E-state index in [-0.39, 0.29) is 59.4 Å². The second-order valence-electron chi connectivity index (χ2n) is 4.30. The summed E-state index contributed by atoms with van der Waals surface area (Å²) < 4.78 is 4.77. The van der Waals surface area contributed by atoms with Gasteiger partial charge in [0.25, 0.3) is 0 Å². The molecule has 110 valence electrons. The van der Waals surface area contributed by atoms with E-state index in [0.29, 0.717) is 12.1 Å². The van der Waals surface area contributed by atoms with Gasteiger partial charge in [-0.3, -0.25) is 0 Å². The molecular weight excluding hydrogens is 297 g/mol. The Morgan fingerprint density at radius 3 is 2.52 bits per heavy atom. The number of ether oxygens (including phenoxy) is 1. The molecule has 6 heteroatoms.